The highest BCUT2D eigenvalue weighted by atomic mass is 32.1. The Bertz CT molecular complexity index is 565. The summed E-state index contributed by atoms with van der Waals surface area (Å²) in [5, 5.41) is 13.4. The summed E-state index contributed by atoms with van der Waals surface area (Å²) in [6.45, 7) is 4.25. The summed E-state index contributed by atoms with van der Waals surface area (Å²) >= 11 is 1.86. The molecule has 0 unspecified atom stereocenters. The number of hydrogen-bond donors (Lipinski definition) is 2. The molecule has 1 fully saturated rings. The fourth-order valence-corrected chi connectivity index (χ4v) is 3.83. The summed E-state index contributed by atoms with van der Waals surface area (Å²) in [4.78, 5) is 3.90. The van der Waals surface area contributed by atoms with Gasteiger partial charge in [-0.2, -0.15) is 5.10 Å². The van der Waals surface area contributed by atoms with Crippen molar-refractivity contribution in [2.75, 3.05) is 31.1 Å². The van der Waals surface area contributed by atoms with Crippen molar-refractivity contribution in [2.45, 2.75) is 12.8 Å². The highest BCUT2D eigenvalue weighted by molar-refractivity contribution is 7.10. The first-order valence-electron chi connectivity index (χ1n) is 6.53. The summed E-state index contributed by atoms with van der Waals surface area (Å²) in [6, 6.07) is 2.22. The summed E-state index contributed by atoms with van der Waals surface area (Å²) < 4.78 is 0. The number of aromatic nitrogens is 2. The van der Waals surface area contributed by atoms with Crippen LogP contribution in [0, 0.1) is 0 Å². The van der Waals surface area contributed by atoms with Crippen molar-refractivity contribution in [2.24, 2.45) is 0 Å². The van der Waals surface area contributed by atoms with Crippen molar-refractivity contribution in [1.29, 1.82) is 0 Å². The second kappa shape index (κ2) is 4.10. The molecule has 0 saturated carbocycles. The number of piperazine rings is 1. The van der Waals surface area contributed by atoms with Gasteiger partial charge in [0.25, 0.3) is 0 Å². The average Bonchev–Trinajstić information content (AvgIpc) is 3.05. The number of aromatic amines is 1. The number of anilines is 1. The van der Waals surface area contributed by atoms with E-state index in [0.717, 1.165) is 32.6 Å². The Morgan fingerprint density at radius 3 is 3.00 bits per heavy atom. The van der Waals surface area contributed by atoms with Crippen molar-refractivity contribution in [1.82, 2.24) is 15.5 Å². The molecule has 0 bridgehead atoms. The molecule has 0 aromatic carbocycles. The van der Waals surface area contributed by atoms with Crippen LogP contribution in [0.1, 0.15) is 10.4 Å². The van der Waals surface area contributed by atoms with Crippen LogP contribution < -0.4 is 10.2 Å². The molecule has 94 valence electrons. The Kier molecular flexibility index (Phi) is 2.41. The molecule has 1 aliphatic heterocycles. The van der Waals surface area contributed by atoms with Gasteiger partial charge in [0, 0.05) is 42.2 Å². The van der Waals surface area contributed by atoms with Crippen LogP contribution in [0.5, 0.6) is 0 Å². The SMILES string of the molecule is c1cc2c(s1)CCc1c(N3CCNCC3)n[nH]c1-2. The van der Waals surface area contributed by atoms with Crippen LogP contribution in [0.2, 0.25) is 0 Å². The third kappa shape index (κ3) is 1.51. The molecule has 18 heavy (non-hydrogen) atoms. The van der Waals surface area contributed by atoms with Gasteiger partial charge < -0.3 is 10.2 Å². The van der Waals surface area contributed by atoms with Crippen LogP contribution in [-0.2, 0) is 12.8 Å². The Morgan fingerprint density at radius 2 is 2.11 bits per heavy atom. The van der Waals surface area contributed by atoms with E-state index >= 15 is 0 Å². The minimum absolute atomic E-state index is 1.06. The summed E-state index contributed by atoms with van der Waals surface area (Å²) in [7, 11) is 0. The van der Waals surface area contributed by atoms with Crippen LogP contribution >= 0.6 is 11.3 Å². The molecule has 4 rings (SSSR count). The van der Waals surface area contributed by atoms with E-state index in [0.29, 0.717) is 0 Å². The fraction of sp³-hybridized carbons (Fsp3) is 0.462. The van der Waals surface area contributed by atoms with Crippen LogP contribution in [0.25, 0.3) is 11.3 Å². The first kappa shape index (κ1) is 10.6. The zero-order chi connectivity index (χ0) is 11.9. The maximum atomic E-state index is 4.58. The number of hydrogen-bond acceptors (Lipinski definition) is 4. The van der Waals surface area contributed by atoms with E-state index < -0.39 is 0 Å². The molecule has 1 aliphatic carbocycles. The van der Waals surface area contributed by atoms with Gasteiger partial charge in [0.05, 0.1) is 5.69 Å². The zero-order valence-corrected chi connectivity index (χ0v) is 11.0. The smallest absolute Gasteiger partial charge is 0.154 e. The minimum atomic E-state index is 1.06. The number of rotatable bonds is 1. The molecule has 5 heteroatoms. The molecule has 2 aliphatic rings. The van der Waals surface area contributed by atoms with Gasteiger partial charge in [-0.1, -0.05) is 0 Å². The van der Waals surface area contributed by atoms with Gasteiger partial charge in [-0.05, 0) is 24.3 Å². The van der Waals surface area contributed by atoms with Crippen LogP contribution in [0.4, 0.5) is 5.82 Å². The van der Waals surface area contributed by atoms with Crippen molar-refractivity contribution in [3.8, 4) is 11.3 Å². The number of nitrogens with zero attached hydrogens (tertiary/aromatic N) is 2. The van der Waals surface area contributed by atoms with Gasteiger partial charge in [0.2, 0.25) is 0 Å². The minimum Gasteiger partial charge on any atom is -0.352 e. The average molecular weight is 260 g/mol. The zero-order valence-electron chi connectivity index (χ0n) is 10.2. The third-order valence-electron chi connectivity index (χ3n) is 3.88. The van der Waals surface area contributed by atoms with Gasteiger partial charge >= 0.3 is 0 Å². The van der Waals surface area contributed by atoms with Crippen LogP contribution in [0.3, 0.4) is 0 Å². The molecule has 4 nitrogen and oxygen atoms in total. The van der Waals surface area contributed by atoms with Gasteiger partial charge in [0.1, 0.15) is 0 Å². The molecule has 2 aromatic rings. The normalized spacial score (nSPS) is 18.6. The molecule has 0 amide bonds. The molecule has 2 N–H and O–H groups in total. The molecule has 3 heterocycles. The summed E-state index contributed by atoms with van der Waals surface area (Å²) in [5.41, 5.74) is 4.05. The van der Waals surface area contributed by atoms with Crippen molar-refractivity contribution < 1.29 is 0 Å². The van der Waals surface area contributed by atoms with Crippen molar-refractivity contribution in [3.63, 3.8) is 0 Å². The monoisotopic (exact) mass is 260 g/mol. The summed E-state index contributed by atoms with van der Waals surface area (Å²) in [6.07, 6.45) is 2.29. The molecule has 0 radical (unpaired) electrons. The quantitative estimate of drug-likeness (QED) is 0.819. The highest BCUT2D eigenvalue weighted by Crippen LogP contribution is 2.39. The lowest BCUT2D eigenvalue weighted by atomic mass is 9.96. The first-order chi connectivity index (χ1) is 8.93. The Morgan fingerprint density at radius 1 is 1.22 bits per heavy atom. The maximum Gasteiger partial charge on any atom is 0.154 e. The predicted octanol–water partition coefficient (Wildman–Crippen LogP) is 1.65. The first-order valence-corrected chi connectivity index (χ1v) is 7.41. The van der Waals surface area contributed by atoms with Gasteiger partial charge in [0.15, 0.2) is 5.82 Å². The topological polar surface area (TPSA) is 44.0 Å². The molecule has 2 aromatic heterocycles. The van der Waals surface area contributed by atoms with Gasteiger partial charge in [-0.3, -0.25) is 5.10 Å². The number of nitrogens with one attached hydrogen (secondary N) is 2. The second-order valence-electron chi connectivity index (χ2n) is 4.90. The lowest BCUT2D eigenvalue weighted by molar-refractivity contribution is 0.583. The molecular formula is C13H16N4S. The Labute approximate surface area is 110 Å². The van der Waals surface area contributed by atoms with E-state index in [9.17, 15) is 0 Å². The second-order valence-corrected chi connectivity index (χ2v) is 5.90. The third-order valence-corrected chi connectivity index (χ3v) is 4.86. The van der Waals surface area contributed by atoms with E-state index in [1.807, 2.05) is 11.3 Å². The Hall–Kier alpha value is -1.33. The molecule has 0 spiro atoms. The van der Waals surface area contributed by atoms with E-state index in [2.05, 4.69) is 31.9 Å². The van der Waals surface area contributed by atoms with E-state index in [1.165, 1.54) is 33.9 Å². The highest BCUT2D eigenvalue weighted by Gasteiger charge is 2.25. The van der Waals surface area contributed by atoms with Crippen molar-refractivity contribution in [3.05, 3.63) is 21.9 Å². The van der Waals surface area contributed by atoms with E-state index in [1.54, 1.807) is 0 Å². The van der Waals surface area contributed by atoms with Gasteiger partial charge in [-0.15, -0.1) is 11.3 Å². The number of aryl methyl sites for hydroxylation is 1. The molecule has 0 atom stereocenters. The van der Waals surface area contributed by atoms with Crippen LogP contribution in [0.15, 0.2) is 11.4 Å². The van der Waals surface area contributed by atoms with E-state index in [4.69, 9.17) is 0 Å². The standard InChI is InChI=1S/C13H16N4S/c1-2-11-9(3-8-18-11)12-10(1)13(16-15-12)17-6-4-14-5-7-17/h3,8,14H,1-2,4-7H2,(H,15,16). The Balaban J connectivity index is 1.76. The number of fused-ring (bicyclic) bond motifs is 3. The van der Waals surface area contributed by atoms with Crippen molar-refractivity contribution >= 4 is 17.2 Å². The van der Waals surface area contributed by atoms with Crippen LogP contribution in [-0.4, -0.2) is 36.4 Å². The van der Waals surface area contributed by atoms with Gasteiger partial charge in [-0.25, -0.2) is 0 Å². The number of H-pyrrole nitrogens is 1. The van der Waals surface area contributed by atoms with E-state index in [-0.39, 0.29) is 0 Å². The lowest BCUT2D eigenvalue weighted by Gasteiger charge is -2.28. The largest absolute Gasteiger partial charge is 0.352 e. The number of thiophene rings is 1. The molecular weight excluding hydrogens is 244 g/mol. The maximum absolute atomic E-state index is 4.58. The lowest BCUT2D eigenvalue weighted by Crippen LogP contribution is -2.44. The predicted molar refractivity (Wildman–Crippen MR) is 74.4 cm³/mol. The summed E-state index contributed by atoms with van der Waals surface area (Å²) in [5.74, 6) is 1.18. The molecule has 1 saturated heterocycles. The fourth-order valence-electron chi connectivity index (χ4n) is 2.95.